The number of amidine groups is 1. The summed E-state index contributed by atoms with van der Waals surface area (Å²) in [5.74, 6) is -0.597. The average molecular weight is 430 g/mol. The SMILES string of the molecule is O=C(Cc1ccccc1)NN1C(=O)C(=Cc2cccc(O)c2)SC1=Nc1ccccc1. The summed E-state index contributed by atoms with van der Waals surface area (Å²) in [6.07, 6.45) is 1.80. The van der Waals surface area contributed by atoms with Crippen molar-refractivity contribution in [2.24, 2.45) is 4.99 Å². The highest BCUT2D eigenvalue weighted by atomic mass is 32.2. The molecule has 1 aliphatic rings. The lowest BCUT2D eigenvalue weighted by molar-refractivity contribution is -0.132. The van der Waals surface area contributed by atoms with Crippen LogP contribution in [0.15, 0.2) is 94.8 Å². The van der Waals surface area contributed by atoms with E-state index >= 15 is 0 Å². The van der Waals surface area contributed by atoms with Gasteiger partial charge in [-0.3, -0.25) is 15.0 Å². The molecule has 154 valence electrons. The molecule has 0 spiro atoms. The Morgan fingerprint density at radius 1 is 1.00 bits per heavy atom. The third-order valence-corrected chi connectivity index (χ3v) is 5.37. The highest BCUT2D eigenvalue weighted by Crippen LogP contribution is 2.33. The molecule has 0 saturated carbocycles. The summed E-state index contributed by atoms with van der Waals surface area (Å²) in [5, 5.41) is 11.2. The fraction of sp³-hybridized carbons (Fsp3) is 0.0417. The summed E-state index contributed by atoms with van der Waals surface area (Å²) in [6.45, 7) is 0. The minimum atomic E-state index is -0.385. The predicted octanol–water partition coefficient (Wildman–Crippen LogP) is 4.27. The lowest BCUT2D eigenvalue weighted by Crippen LogP contribution is -2.46. The van der Waals surface area contributed by atoms with Crippen LogP contribution in [0.1, 0.15) is 11.1 Å². The summed E-state index contributed by atoms with van der Waals surface area (Å²) >= 11 is 1.16. The smallest absolute Gasteiger partial charge is 0.285 e. The van der Waals surface area contributed by atoms with Gasteiger partial charge in [-0.05, 0) is 53.2 Å². The first-order chi connectivity index (χ1) is 15.1. The lowest BCUT2D eigenvalue weighted by atomic mass is 10.1. The van der Waals surface area contributed by atoms with Crippen LogP contribution >= 0.6 is 11.8 Å². The molecule has 7 heteroatoms. The van der Waals surface area contributed by atoms with Gasteiger partial charge >= 0.3 is 0 Å². The second-order valence-electron chi connectivity index (χ2n) is 6.77. The molecule has 1 fully saturated rings. The molecule has 2 amide bonds. The van der Waals surface area contributed by atoms with Crippen molar-refractivity contribution >= 4 is 40.5 Å². The molecule has 1 saturated heterocycles. The number of carbonyl (C=O) groups is 2. The van der Waals surface area contributed by atoms with Gasteiger partial charge in [0.15, 0.2) is 5.17 Å². The van der Waals surface area contributed by atoms with E-state index in [-0.39, 0.29) is 24.0 Å². The monoisotopic (exact) mass is 429 g/mol. The van der Waals surface area contributed by atoms with Gasteiger partial charge in [0.1, 0.15) is 5.75 Å². The van der Waals surface area contributed by atoms with Crippen LogP contribution in [-0.2, 0) is 16.0 Å². The van der Waals surface area contributed by atoms with E-state index in [9.17, 15) is 14.7 Å². The van der Waals surface area contributed by atoms with Gasteiger partial charge in [0.25, 0.3) is 5.91 Å². The van der Waals surface area contributed by atoms with E-state index in [1.54, 1.807) is 30.3 Å². The Bertz CT molecular complexity index is 1160. The van der Waals surface area contributed by atoms with E-state index in [1.807, 2.05) is 60.7 Å². The van der Waals surface area contributed by atoms with Gasteiger partial charge in [0.05, 0.1) is 17.0 Å². The van der Waals surface area contributed by atoms with E-state index in [4.69, 9.17) is 0 Å². The number of rotatable bonds is 5. The number of benzene rings is 3. The Morgan fingerprint density at radius 2 is 1.71 bits per heavy atom. The van der Waals surface area contributed by atoms with E-state index in [0.717, 1.165) is 17.3 Å². The van der Waals surface area contributed by atoms with Crippen LogP contribution in [0.25, 0.3) is 6.08 Å². The molecule has 4 rings (SSSR count). The number of nitrogens with one attached hydrogen (secondary N) is 1. The fourth-order valence-corrected chi connectivity index (χ4v) is 3.91. The molecule has 3 aromatic carbocycles. The first kappa shape index (κ1) is 20.4. The first-order valence-corrected chi connectivity index (χ1v) is 10.4. The predicted molar refractivity (Wildman–Crippen MR) is 122 cm³/mol. The third-order valence-electron chi connectivity index (χ3n) is 4.40. The van der Waals surface area contributed by atoms with Crippen LogP contribution in [0.2, 0.25) is 0 Å². The van der Waals surface area contributed by atoms with Gasteiger partial charge in [-0.25, -0.2) is 4.99 Å². The molecule has 2 N–H and O–H groups in total. The minimum absolute atomic E-state index is 0.107. The van der Waals surface area contributed by atoms with Gasteiger partial charge in [-0.2, -0.15) is 5.01 Å². The zero-order valence-electron chi connectivity index (χ0n) is 16.4. The molecule has 31 heavy (non-hydrogen) atoms. The number of nitrogens with zero attached hydrogens (tertiary/aromatic N) is 2. The topological polar surface area (TPSA) is 82.0 Å². The standard InChI is InChI=1S/C24H19N3O3S/c28-20-13-7-10-18(14-20)15-21-23(30)27(24(31-21)25-19-11-5-2-6-12-19)26-22(29)16-17-8-3-1-4-9-17/h1-15,28H,16H2,(H,26,29). The number of thioether (sulfide) groups is 1. The number of hydrogen-bond donors (Lipinski definition) is 2. The summed E-state index contributed by atoms with van der Waals surface area (Å²) in [5.41, 5.74) is 4.86. The van der Waals surface area contributed by atoms with Gasteiger partial charge in [-0.1, -0.05) is 60.7 Å². The van der Waals surface area contributed by atoms with Crippen molar-refractivity contribution in [1.82, 2.24) is 10.4 Å². The third kappa shape index (κ3) is 5.21. The number of aliphatic imine (C=N–C) groups is 1. The van der Waals surface area contributed by atoms with Crippen molar-refractivity contribution in [1.29, 1.82) is 0 Å². The number of aromatic hydroxyl groups is 1. The maximum absolute atomic E-state index is 13.1. The number of hydrogen-bond acceptors (Lipinski definition) is 5. The molecule has 1 aliphatic heterocycles. The van der Waals surface area contributed by atoms with E-state index in [2.05, 4.69) is 10.4 Å². The molecule has 0 unspecified atom stereocenters. The van der Waals surface area contributed by atoms with Crippen LogP contribution in [0.4, 0.5) is 5.69 Å². The molecule has 6 nitrogen and oxygen atoms in total. The summed E-state index contributed by atoms with van der Waals surface area (Å²) < 4.78 is 0. The molecular weight excluding hydrogens is 410 g/mol. The highest BCUT2D eigenvalue weighted by Gasteiger charge is 2.35. The van der Waals surface area contributed by atoms with Gasteiger partial charge in [-0.15, -0.1) is 0 Å². The zero-order valence-corrected chi connectivity index (χ0v) is 17.3. The quantitative estimate of drug-likeness (QED) is 0.594. The Kier molecular flexibility index (Phi) is 6.14. The van der Waals surface area contributed by atoms with Gasteiger partial charge in [0, 0.05) is 0 Å². The van der Waals surface area contributed by atoms with E-state index in [1.165, 1.54) is 5.01 Å². The maximum atomic E-state index is 13.1. The number of amides is 2. The minimum Gasteiger partial charge on any atom is -0.508 e. The molecule has 0 radical (unpaired) electrons. The Labute approximate surface area is 183 Å². The van der Waals surface area contributed by atoms with E-state index < -0.39 is 0 Å². The molecule has 3 aromatic rings. The van der Waals surface area contributed by atoms with Crippen molar-refractivity contribution in [3.05, 3.63) is 101 Å². The highest BCUT2D eigenvalue weighted by molar-refractivity contribution is 8.18. The molecule has 0 atom stereocenters. The van der Waals surface area contributed by atoms with Crippen LogP contribution in [-0.4, -0.2) is 27.1 Å². The van der Waals surface area contributed by atoms with Crippen molar-refractivity contribution in [2.45, 2.75) is 6.42 Å². The summed E-state index contributed by atoms with van der Waals surface area (Å²) in [6, 6.07) is 25.1. The molecule has 0 bridgehead atoms. The Hall–Kier alpha value is -3.84. The van der Waals surface area contributed by atoms with Crippen LogP contribution in [0.5, 0.6) is 5.75 Å². The maximum Gasteiger partial charge on any atom is 0.285 e. The Morgan fingerprint density at radius 3 is 2.42 bits per heavy atom. The van der Waals surface area contributed by atoms with Crippen LogP contribution in [0.3, 0.4) is 0 Å². The molecule has 1 heterocycles. The number of phenols is 1. The van der Waals surface area contributed by atoms with Crippen molar-refractivity contribution in [2.75, 3.05) is 0 Å². The van der Waals surface area contributed by atoms with Crippen molar-refractivity contribution in [3.63, 3.8) is 0 Å². The molecule has 0 aliphatic carbocycles. The van der Waals surface area contributed by atoms with Crippen LogP contribution in [0, 0.1) is 0 Å². The molecule has 0 aromatic heterocycles. The van der Waals surface area contributed by atoms with Crippen molar-refractivity contribution in [3.8, 4) is 5.75 Å². The summed E-state index contributed by atoms with van der Waals surface area (Å²) in [7, 11) is 0. The number of hydrazine groups is 1. The van der Waals surface area contributed by atoms with Gasteiger partial charge < -0.3 is 5.11 Å². The second kappa shape index (κ2) is 9.32. The number of carbonyl (C=O) groups excluding carboxylic acids is 2. The lowest BCUT2D eigenvalue weighted by Gasteiger charge is -2.16. The number of para-hydroxylation sites is 1. The number of phenolic OH excluding ortho intramolecular Hbond substituents is 1. The van der Waals surface area contributed by atoms with Gasteiger partial charge in [0.2, 0.25) is 5.91 Å². The summed E-state index contributed by atoms with van der Waals surface area (Å²) in [4.78, 5) is 30.6. The second-order valence-corrected chi connectivity index (χ2v) is 7.78. The molecular formula is C24H19N3O3S. The normalized spacial score (nSPS) is 16.1. The average Bonchev–Trinajstić information content (AvgIpc) is 3.04. The largest absolute Gasteiger partial charge is 0.508 e. The Balaban J connectivity index is 1.61. The van der Waals surface area contributed by atoms with Crippen molar-refractivity contribution < 1.29 is 14.7 Å². The zero-order chi connectivity index (χ0) is 21.6. The van der Waals surface area contributed by atoms with E-state index in [0.29, 0.717) is 21.3 Å². The first-order valence-electron chi connectivity index (χ1n) is 9.59. The van der Waals surface area contributed by atoms with Crippen LogP contribution < -0.4 is 5.43 Å². The fourth-order valence-electron chi connectivity index (χ4n) is 2.97.